The zero-order valence-corrected chi connectivity index (χ0v) is 12.5. The van der Waals surface area contributed by atoms with E-state index in [2.05, 4.69) is 17.1 Å². The van der Waals surface area contributed by atoms with Gasteiger partial charge >= 0.3 is 0 Å². The zero-order valence-electron chi connectivity index (χ0n) is 11.0. The van der Waals surface area contributed by atoms with E-state index >= 15 is 0 Å². The summed E-state index contributed by atoms with van der Waals surface area (Å²) in [6.45, 7) is 0. The van der Waals surface area contributed by atoms with Gasteiger partial charge in [-0.25, -0.2) is 4.98 Å². The van der Waals surface area contributed by atoms with Crippen molar-refractivity contribution in [2.75, 3.05) is 0 Å². The lowest BCUT2D eigenvalue weighted by molar-refractivity contribution is 0.461. The highest BCUT2D eigenvalue weighted by Crippen LogP contribution is 2.31. The molecule has 1 heterocycles. The predicted molar refractivity (Wildman–Crippen MR) is 82.0 cm³/mol. The molecule has 20 heavy (non-hydrogen) atoms. The van der Waals surface area contributed by atoms with Crippen LogP contribution in [0.5, 0.6) is 11.6 Å². The zero-order chi connectivity index (χ0) is 13.9. The average Bonchev–Trinajstić information content (AvgIpc) is 2.49. The lowest BCUT2D eigenvalue weighted by Gasteiger charge is -2.16. The van der Waals surface area contributed by atoms with Crippen molar-refractivity contribution in [3.8, 4) is 11.6 Å². The highest BCUT2D eigenvalue weighted by Gasteiger charge is 2.11. The van der Waals surface area contributed by atoms with Gasteiger partial charge in [-0.3, -0.25) is 0 Å². The summed E-state index contributed by atoms with van der Waals surface area (Å²) in [5, 5.41) is 0.487. The van der Waals surface area contributed by atoms with E-state index in [1.54, 1.807) is 12.3 Å². The Labute approximate surface area is 128 Å². The van der Waals surface area contributed by atoms with Gasteiger partial charge in [0.25, 0.3) is 0 Å². The molecule has 0 spiro atoms. The summed E-state index contributed by atoms with van der Waals surface area (Å²) in [5.41, 5.74) is 3.69. The van der Waals surface area contributed by atoms with Crippen LogP contribution in [0.25, 0.3) is 0 Å². The topological polar surface area (TPSA) is 22.1 Å². The summed E-state index contributed by atoms with van der Waals surface area (Å²) in [4.78, 5) is 4.22. The summed E-state index contributed by atoms with van der Waals surface area (Å²) >= 11 is 11.9. The molecule has 0 bridgehead atoms. The van der Waals surface area contributed by atoms with Crippen molar-refractivity contribution in [2.45, 2.75) is 31.6 Å². The van der Waals surface area contributed by atoms with Gasteiger partial charge in [-0.2, -0.15) is 0 Å². The van der Waals surface area contributed by atoms with Crippen LogP contribution in [-0.4, -0.2) is 4.98 Å². The molecule has 0 aliphatic heterocycles. The van der Waals surface area contributed by atoms with E-state index in [0.717, 1.165) is 17.7 Å². The maximum absolute atomic E-state index is 6.16. The van der Waals surface area contributed by atoms with E-state index in [4.69, 9.17) is 27.9 Å². The lowest BCUT2D eigenvalue weighted by Crippen LogP contribution is -2.02. The number of aromatic nitrogens is 1. The van der Waals surface area contributed by atoms with Gasteiger partial charge < -0.3 is 4.74 Å². The Balaban J connectivity index is 1.84. The minimum atomic E-state index is 0.395. The van der Waals surface area contributed by atoms with E-state index in [1.165, 1.54) is 30.4 Å². The van der Waals surface area contributed by atoms with Gasteiger partial charge in [-0.15, -0.1) is 11.6 Å². The van der Waals surface area contributed by atoms with Gasteiger partial charge in [-0.05, 0) is 60.6 Å². The molecule has 0 fully saturated rings. The van der Waals surface area contributed by atoms with Crippen LogP contribution in [0.15, 0.2) is 30.5 Å². The molecule has 0 unspecified atom stereocenters. The van der Waals surface area contributed by atoms with Crippen molar-refractivity contribution < 1.29 is 4.74 Å². The number of nitrogens with zero attached hydrogens (tertiary/aromatic N) is 1. The van der Waals surface area contributed by atoms with Crippen LogP contribution in [0.1, 0.15) is 29.5 Å². The molecule has 0 radical (unpaired) electrons. The quantitative estimate of drug-likeness (QED) is 0.732. The second-order valence-electron chi connectivity index (χ2n) is 5.00. The fourth-order valence-corrected chi connectivity index (χ4v) is 2.87. The number of benzene rings is 1. The molecule has 1 aliphatic carbocycles. The molecule has 0 atom stereocenters. The Morgan fingerprint density at radius 3 is 2.65 bits per heavy atom. The molecule has 3 rings (SSSR count). The van der Waals surface area contributed by atoms with Gasteiger partial charge in [0, 0.05) is 12.1 Å². The monoisotopic (exact) mass is 307 g/mol. The number of fused-ring (bicyclic) bond motifs is 1. The first-order valence-corrected chi connectivity index (χ1v) is 7.67. The second-order valence-corrected chi connectivity index (χ2v) is 5.68. The smallest absolute Gasteiger partial charge is 0.238 e. The van der Waals surface area contributed by atoms with Crippen LogP contribution >= 0.6 is 23.2 Å². The van der Waals surface area contributed by atoms with Gasteiger partial charge in [0.05, 0.1) is 0 Å². The van der Waals surface area contributed by atoms with Crippen molar-refractivity contribution >= 4 is 23.2 Å². The molecule has 1 aliphatic rings. The molecule has 0 saturated heterocycles. The predicted octanol–water partition coefficient (Wildman–Crippen LogP) is 5.14. The normalized spacial score (nSPS) is 13.9. The number of hydrogen-bond acceptors (Lipinski definition) is 2. The Hall–Kier alpha value is -1.25. The highest BCUT2D eigenvalue weighted by molar-refractivity contribution is 6.32. The first kappa shape index (κ1) is 13.7. The maximum atomic E-state index is 6.16. The summed E-state index contributed by atoms with van der Waals surface area (Å²) in [5.74, 6) is 1.61. The fourth-order valence-electron chi connectivity index (χ4n) is 2.50. The Bertz CT molecular complexity index is 628. The highest BCUT2D eigenvalue weighted by atomic mass is 35.5. The number of aryl methyl sites for hydroxylation is 2. The molecule has 0 N–H and O–H groups in total. The van der Waals surface area contributed by atoms with Crippen molar-refractivity contribution in [2.24, 2.45) is 0 Å². The molecule has 4 heteroatoms. The van der Waals surface area contributed by atoms with Gasteiger partial charge in [-0.1, -0.05) is 17.7 Å². The van der Waals surface area contributed by atoms with E-state index < -0.39 is 0 Å². The lowest BCUT2D eigenvalue weighted by atomic mass is 9.92. The minimum absolute atomic E-state index is 0.395. The van der Waals surface area contributed by atoms with Gasteiger partial charge in [0.1, 0.15) is 10.8 Å². The molecule has 104 valence electrons. The van der Waals surface area contributed by atoms with Crippen molar-refractivity contribution in [1.82, 2.24) is 4.98 Å². The van der Waals surface area contributed by atoms with E-state index in [-0.39, 0.29) is 0 Å². The number of rotatable bonds is 3. The Morgan fingerprint density at radius 1 is 1.10 bits per heavy atom. The molecule has 0 saturated carbocycles. The van der Waals surface area contributed by atoms with Gasteiger partial charge in [0.2, 0.25) is 5.88 Å². The first-order valence-electron chi connectivity index (χ1n) is 6.76. The van der Waals surface area contributed by atoms with Crippen molar-refractivity contribution in [3.63, 3.8) is 0 Å². The van der Waals surface area contributed by atoms with Crippen molar-refractivity contribution in [3.05, 3.63) is 52.2 Å². The van der Waals surface area contributed by atoms with Crippen LogP contribution in [0.4, 0.5) is 0 Å². The maximum Gasteiger partial charge on any atom is 0.238 e. The van der Waals surface area contributed by atoms with Crippen molar-refractivity contribution in [1.29, 1.82) is 0 Å². The van der Waals surface area contributed by atoms with Crippen LogP contribution in [0, 0.1) is 0 Å². The number of halogens is 2. The standard InChI is InChI=1S/C16H15Cl2NO/c17-9-11-7-15(18)16(19-10-11)20-14-6-5-12-3-1-2-4-13(12)8-14/h5-8,10H,1-4,9H2. The molecule has 0 amide bonds. The van der Waals surface area contributed by atoms with Gasteiger partial charge in [0.15, 0.2) is 0 Å². The molecule has 1 aromatic carbocycles. The fraction of sp³-hybridized carbons (Fsp3) is 0.312. The Kier molecular flexibility index (Phi) is 4.13. The first-order chi connectivity index (χ1) is 9.76. The number of pyridine rings is 1. The number of hydrogen-bond donors (Lipinski definition) is 0. The van der Waals surface area contributed by atoms with E-state index in [9.17, 15) is 0 Å². The summed E-state index contributed by atoms with van der Waals surface area (Å²) in [6, 6.07) is 8.01. The third kappa shape index (κ3) is 2.92. The van der Waals surface area contributed by atoms with E-state index in [1.807, 2.05) is 6.07 Å². The molecular weight excluding hydrogens is 293 g/mol. The Morgan fingerprint density at radius 2 is 1.90 bits per heavy atom. The third-order valence-corrected chi connectivity index (χ3v) is 4.13. The van der Waals surface area contributed by atoms with Crippen LogP contribution in [-0.2, 0) is 18.7 Å². The summed E-state index contributed by atoms with van der Waals surface area (Å²) < 4.78 is 5.79. The van der Waals surface area contributed by atoms with Crippen LogP contribution in [0.3, 0.4) is 0 Å². The van der Waals surface area contributed by atoms with Crippen LogP contribution in [0.2, 0.25) is 5.02 Å². The average molecular weight is 308 g/mol. The van der Waals surface area contributed by atoms with Crippen LogP contribution < -0.4 is 4.74 Å². The molecule has 2 aromatic rings. The SMILES string of the molecule is ClCc1cnc(Oc2ccc3c(c2)CCCC3)c(Cl)c1. The number of alkyl halides is 1. The largest absolute Gasteiger partial charge is 0.438 e. The number of ether oxygens (including phenoxy) is 1. The molecular formula is C16H15Cl2NO. The summed E-state index contributed by atoms with van der Waals surface area (Å²) in [7, 11) is 0. The minimum Gasteiger partial charge on any atom is -0.438 e. The summed E-state index contributed by atoms with van der Waals surface area (Å²) in [6.07, 6.45) is 6.50. The van der Waals surface area contributed by atoms with E-state index in [0.29, 0.717) is 16.8 Å². The molecule has 1 aromatic heterocycles. The third-order valence-electron chi connectivity index (χ3n) is 3.55. The molecule has 2 nitrogen and oxygen atoms in total. The second kappa shape index (κ2) is 6.02.